The van der Waals surface area contributed by atoms with Gasteiger partial charge in [-0.2, -0.15) is 0 Å². The molecule has 6 nitrogen and oxygen atoms in total. The Bertz CT molecular complexity index is 800. The normalized spacial score (nSPS) is 11.9. The number of aliphatic hydroxyl groups excluding tert-OH is 1. The average Bonchev–Trinajstić information content (AvgIpc) is 2.98. The highest BCUT2D eigenvalue weighted by atomic mass is 16.4. The van der Waals surface area contributed by atoms with Crippen molar-refractivity contribution in [2.45, 2.75) is 13.0 Å². The van der Waals surface area contributed by atoms with Crippen LogP contribution in [-0.2, 0) is 0 Å². The second kappa shape index (κ2) is 6.41. The van der Waals surface area contributed by atoms with Gasteiger partial charge in [0.2, 0.25) is 5.89 Å². The van der Waals surface area contributed by atoms with Gasteiger partial charge in [0.25, 0.3) is 5.91 Å². The van der Waals surface area contributed by atoms with Crippen LogP contribution in [0.15, 0.2) is 59.3 Å². The third-order valence-electron chi connectivity index (χ3n) is 3.32. The number of rotatable bonds is 4. The number of aliphatic hydroxyl groups is 1. The highest BCUT2D eigenvalue weighted by molar-refractivity contribution is 6.03. The molecule has 0 aliphatic carbocycles. The first-order chi connectivity index (χ1) is 11.1. The van der Waals surface area contributed by atoms with Crippen LogP contribution in [0.1, 0.15) is 33.8 Å². The summed E-state index contributed by atoms with van der Waals surface area (Å²) in [5.41, 5.74) is 1.40. The molecule has 116 valence electrons. The number of hydrogen-bond donors (Lipinski definition) is 2. The van der Waals surface area contributed by atoms with Gasteiger partial charge in [-0.1, -0.05) is 30.3 Å². The minimum Gasteiger partial charge on any atom is -0.442 e. The molecular formula is C17H15N3O3. The van der Waals surface area contributed by atoms with Gasteiger partial charge in [-0.25, -0.2) is 4.98 Å². The monoisotopic (exact) mass is 309 g/mol. The first-order valence-electron chi connectivity index (χ1n) is 7.07. The standard InChI is InChI=1S/C17H15N3O3/c1-11-14(16(22)19-13-7-9-18-10-8-13)20-17(23-11)15(21)12-5-3-2-4-6-12/h2-10,15,21H,1H3,(H,18,19,22). The Kier molecular flexibility index (Phi) is 4.16. The molecular weight excluding hydrogens is 294 g/mol. The van der Waals surface area contributed by atoms with Gasteiger partial charge < -0.3 is 14.8 Å². The fourth-order valence-electron chi connectivity index (χ4n) is 2.15. The van der Waals surface area contributed by atoms with E-state index in [9.17, 15) is 9.90 Å². The van der Waals surface area contributed by atoms with E-state index in [0.717, 1.165) is 0 Å². The molecule has 23 heavy (non-hydrogen) atoms. The Hall–Kier alpha value is -2.99. The summed E-state index contributed by atoms with van der Waals surface area (Å²) in [4.78, 5) is 20.3. The number of carbonyl (C=O) groups is 1. The minimum absolute atomic E-state index is 0.0913. The molecule has 1 unspecified atom stereocenters. The highest BCUT2D eigenvalue weighted by Gasteiger charge is 2.22. The van der Waals surface area contributed by atoms with Gasteiger partial charge in [-0.05, 0) is 24.6 Å². The maximum atomic E-state index is 12.3. The van der Waals surface area contributed by atoms with Crippen LogP contribution in [-0.4, -0.2) is 21.0 Å². The van der Waals surface area contributed by atoms with Crippen LogP contribution in [0, 0.1) is 6.92 Å². The Balaban J connectivity index is 1.82. The van der Waals surface area contributed by atoms with Gasteiger partial charge in [0, 0.05) is 18.1 Å². The Morgan fingerprint density at radius 3 is 2.57 bits per heavy atom. The zero-order valence-electron chi connectivity index (χ0n) is 12.4. The van der Waals surface area contributed by atoms with Gasteiger partial charge in [-0.15, -0.1) is 0 Å². The number of oxazole rings is 1. The SMILES string of the molecule is Cc1oc(C(O)c2ccccc2)nc1C(=O)Nc1ccncc1. The van der Waals surface area contributed by atoms with Gasteiger partial charge in [0.05, 0.1) is 0 Å². The number of nitrogens with zero attached hydrogens (tertiary/aromatic N) is 2. The molecule has 0 fully saturated rings. The molecule has 1 aromatic carbocycles. The Morgan fingerprint density at radius 1 is 1.17 bits per heavy atom. The van der Waals surface area contributed by atoms with Crippen molar-refractivity contribution in [3.8, 4) is 0 Å². The first kappa shape index (κ1) is 14.9. The Morgan fingerprint density at radius 2 is 1.87 bits per heavy atom. The molecule has 0 spiro atoms. The van der Waals surface area contributed by atoms with E-state index in [-0.39, 0.29) is 11.6 Å². The third kappa shape index (κ3) is 3.27. The summed E-state index contributed by atoms with van der Waals surface area (Å²) in [5, 5.41) is 13.0. The molecule has 0 aliphatic heterocycles. The number of nitrogens with one attached hydrogen (secondary N) is 1. The molecule has 2 aromatic heterocycles. The number of amides is 1. The number of aryl methyl sites for hydroxylation is 1. The molecule has 1 amide bonds. The third-order valence-corrected chi connectivity index (χ3v) is 3.32. The lowest BCUT2D eigenvalue weighted by atomic mass is 10.1. The second-order valence-corrected chi connectivity index (χ2v) is 4.96. The van der Waals surface area contributed by atoms with Crippen molar-refractivity contribution in [3.63, 3.8) is 0 Å². The quantitative estimate of drug-likeness (QED) is 0.773. The molecule has 3 aromatic rings. The number of carbonyl (C=O) groups excluding carboxylic acids is 1. The molecule has 1 atom stereocenters. The number of aromatic nitrogens is 2. The van der Waals surface area contributed by atoms with E-state index in [1.54, 1.807) is 43.6 Å². The van der Waals surface area contributed by atoms with Crippen LogP contribution in [0.25, 0.3) is 0 Å². The smallest absolute Gasteiger partial charge is 0.277 e. The van der Waals surface area contributed by atoms with E-state index in [1.165, 1.54) is 0 Å². The van der Waals surface area contributed by atoms with Crippen molar-refractivity contribution >= 4 is 11.6 Å². The topological polar surface area (TPSA) is 88.2 Å². The predicted octanol–water partition coefficient (Wildman–Crippen LogP) is 2.71. The van der Waals surface area contributed by atoms with E-state index in [0.29, 0.717) is 17.0 Å². The van der Waals surface area contributed by atoms with Crippen LogP contribution in [0.2, 0.25) is 0 Å². The average molecular weight is 309 g/mol. The summed E-state index contributed by atoms with van der Waals surface area (Å²) in [6.45, 7) is 1.63. The molecule has 0 saturated carbocycles. The van der Waals surface area contributed by atoms with Gasteiger partial charge in [0.15, 0.2) is 11.8 Å². The lowest BCUT2D eigenvalue weighted by Crippen LogP contribution is -2.14. The summed E-state index contributed by atoms with van der Waals surface area (Å²) in [6.07, 6.45) is 2.14. The first-order valence-corrected chi connectivity index (χ1v) is 7.07. The highest BCUT2D eigenvalue weighted by Crippen LogP contribution is 2.23. The van der Waals surface area contributed by atoms with Gasteiger partial charge >= 0.3 is 0 Å². The van der Waals surface area contributed by atoms with E-state index >= 15 is 0 Å². The number of pyridine rings is 1. The minimum atomic E-state index is -1.02. The Labute approximate surface area is 132 Å². The molecule has 0 bridgehead atoms. The molecule has 0 radical (unpaired) electrons. The summed E-state index contributed by atoms with van der Waals surface area (Å²) in [6, 6.07) is 12.4. The number of benzene rings is 1. The second-order valence-electron chi connectivity index (χ2n) is 4.96. The van der Waals surface area contributed by atoms with Crippen molar-refractivity contribution in [1.82, 2.24) is 9.97 Å². The maximum Gasteiger partial charge on any atom is 0.277 e. The van der Waals surface area contributed by atoms with Crippen LogP contribution in [0.3, 0.4) is 0 Å². The summed E-state index contributed by atoms with van der Waals surface area (Å²) in [5.74, 6) is 0.0408. The lowest BCUT2D eigenvalue weighted by molar-refractivity contribution is 0.102. The maximum absolute atomic E-state index is 12.3. The van der Waals surface area contributed by atoms with Crippen LogP contribution in [0.4, 0.5) is 5.69 Å². The summed E-state index contributed by atoms with van der Waals surface area (Å²) < 4.78 is 5.46. The number of hydrogen-bond acceptors (Lipinski definition) is 5. The van der Waals surface area contributed by atoms with Crippen LogP contribution < -0.4 is 5.32 Å². The molecule has 6 heteroatoms. The molecule has 0 aliphatic rings. The van der Waals surface area contributed by atoms with E-state index in [1.807, 2.05) is 18.2 Å². The summed E-state index contributed by atoms with van der Waals surface area (Å²) in [7, 11) is 0. The molecule has 2 heterocycles. The van der Waals surface area contributed by atoms with Crippen molar-refractivity contribution in [3.05, 3.63) is 77.8 Å². The fourth-order valence-corrected chi connectivity index (χ4v) is 2.15. The van der Waals surface area contributed by atoms with E-state index in [2.05, 4.69) is 15.3 Å². The van der Waals surface area contributed by atoms with Gasteiger partial charge in [-0.3, -0.25) is 9.78 Å². The van der Waals surface area contributed by atoms with Crippen molar-refractivity contribution in [1.29, 1.82) is 0 Å². The van der Waals surface area contributed by atoms with Gasteiger partial charge in [0.1, 0.15) is 5.76 Å². The van der Waals surface area contributed by atoms with Crippen molar-refractivity contribution in [2.75, 3.05) is 5.32 Å². The molecule has 2 N–H and O–H groups in total. The lowest BCUT2D eigenvalue weighted by Gasteiger charge is -2.05. The van der Waals surface area contributed by atoms with Crippen molar-refractivity contribution in [2.24, 2.45) is 0 Å². The fraction of sp³-hybridized carbons (Fsp3) is 0.118. The van der Waals surface area contributed by atoms with Crippen molar-refractivity contribution < 1.29 is 14.3 Å². The number of anilines is 1. The van der Waals surface area contributed by atoms with Crippen LogP contribution >= 0.6 is 0 Å². The van der Waals surface area contributed by atoms with E-state index in [4.69, 9.17) is 4.42 Å². The largest absolute Gasteiger partial charge is 0.442 e. The zero-order chi connectivity index (χ0) is 16.2. The zero-order valence-corrected chi connectivity index (χ0v) is 12.4. The van der Waals surface area contributed by atoms with Crippen LogP contribution in [0.5, 0.6) is 0 Å². The molecule has 3 rings (SSSR count). The summed E-state index contributed by atoms with van der Waals surface area (Å²) >= 11 is 0. The van der Waals surface area contributed by atoms with E-state index < -0.39 is 12.0 Å². The predicted molar refractivity (Wildman–Crippen MR) is 83.9 cm³/mol. The molecule has 0 saturated heterocycles.